The molecule has 1 atom stereocenters. The third-order valence-corrected chi connectivity index (χ3v) is 6.71. The van der Waals surface area contributed by atoms with E-state index in [4.69, 9.17) is 9.47 Å². The Morgan fingerprint density at radius 3 is 2.58 bits per heavy atom. The number of hydrogen-bond acceptors (Lipinski definition) is 6. The van der Waals surface area contributed by atoms with Crippen LogP contribution in [0, 0.1) is 12.8 Å². The molecule has 2 N–H and O–H groups in total. The van der Waals surface area contributed by atoms with Gasteiger partial charge < -0.3 is 24.4 Å². The Kier molecular flexibility index (Phi) is 8.38. The van der Waals surface area contributed by atoms with Crippen molar-refractivity contribution in [3.63, 3.8) is 0 Å². The number of nitrogens with one attached hydrogen (secondary N) is 1. The van der Waals surface area contributed by atoms with Gasteiger partial charge in [0.2, 0.25) is 0 Å². The Hall–Kier alpha value is -3.23. The smallest absolute Gasteiger partial charge is 0.295 e. The number of aryl methyl sites for hydroxylation is 1. The van der Waals surface area contributed by atoms with Crippen molar-refractivity contribution >= 4 is 17.4 Å². The number of benzene rings is 1. The van der Waals surface area contributed by atoms with Gasteiger partial charge in [0, 0.05) is 30.9 Å². The molecule has 8 heteroatoms. The predicted molar refractivity (Wildman–Crippen MR) is 136 cm³/mol. The maximum atomic E-state index is 13.2. The van der Waals surface area contributed by atoms with Gasteiger partial charge in [-0.25, -0.2) is 0 Å². The summed E-state index contributed by atoms with van der Waals surface area (Å²) >= 11 is 0. The van der Waals surface area contributed by atoms with E-state index in [2.05, 4.69) is 18.8 Å². The number of rotatable bonds is 9. The molecule has 0 saturated carbocycles. The molecule has 36 heavy (non-hydrogen) atoms. The number of amides is 1. The summed E-state index contributed by atoms with van der Waals surface area (Å²) in [5, 5.41) is 11.3. The molecule has 0 bridgehead atoms. The highest BCUT2D eigenvalue weighted by Crippen LogP contribution is 2.39. The minimum atomic E-state index is -0.662. The first-order chi connectivity index (χ1) is 17.4. The average molecular weight is 495 g/mol. The number of quaternary nitrogens is 1. The van der Waals surface area contributed by atoms with E-state index >= 15 is 0 Å². The summed E-state index contributed by atoms with van der Waals surface area (Å²) in [6, 6.07) is 8.25. The Labute approximate surface area is 212 Å². The summed E-state index contributed by atoms with van der Waals surface area (Å²) in [5.74, 6) is -0.291. The van der Waals surface area contributed by atoms with Gasteiger partial charge >= 0.3 is 0 Å². The van der Waals surface area contributed by atoms with Crippen LogP contribution in [0.3, 0.4) is 0 Å². The fraction of sp³-hybridized carbons (Fsp3) is 0.464. The molecule has 1 aromatic carbocycles. The molecule has 8 nitrogen and oxygen atoms in total. The number of ketones is 1. The van der Waals surface area contributed by atoms with Crippen molar-refractivity contribution in [2.24, 2.45) is 5.92 Å². The zero-order valence-electron chi connectivity index (χ0n) is 21.3. The first kappa shape index (κ1) is 25.9. The Morgan fingerprint density at radius 2 is 1.92 bits per heavy atom. The van der Waals surface area contributed by atoms with E-state index < -0.39 is 17.7 Å². The Bertz CT molecular complexity index is 1110. The largest absolute Gasteiger partial charge is 0.507 e. The van der Waals surface area contributed by atoms with Crippen LogP contribution in [-0.2, 0) is 14.3 Å². The van der Waals surface area contributed by atoms with E-state index in [9.17, 15) is 14.7 Å². The van der Waals surface area contributed by atoms with Gasteiger partial charge in [-0.05, 0) is 54.3 Å². The molecule has 1 unspecified atom stereocenters. The third-order valence-electron chi connectivity index (χ3n) is 6.71. The van der Waals surface area contributed by atoms with Crippen LogP contribution >= 0.6 is 0 Å². The number of ether oxygens (including phenoxy) is 2. The average Bonchev–Trinajstić information content (AvgIpc) is 3.13. The van der Waals surface area contributed by atoms with Crippen molar-refractivity contribution in [2.45, 2.75) is 33.2 Å². The van der Waals surface area contributed by atoms with Gasteiger partial charge in [-0.15, -0.1) is 0 Å². The van der Waals surface area contributed by atoms with E-state index in [1.165, 1.54) is 4.90 Å². The first-order valence-electron chi connectivity index (χ1n) is 12.7. The highest BCUT2D eigenvalue weighted by molar-refractivity contribution is 6.46. The van der Waals surface area contributed by atoms with Gasteiger partial charge in [0.15, 0.2) is 0 Å². The van der Waals surface area contributed by atoms with Crippen LogP contribution < -0.4 is 9.64 Å². The number of morpholine rings is 1. The van der Waals surface area contributed by atoms with Crippen molar-refractivity contribution < 1.29 is 29.1 Å². The quantitative estimate of drug-likeness (QED) is 0.315. The highest BCUT2D eigenvalue weighted by atomic mass is 16.5. The molecule has 2 aliphatic rings. The van der Waals surface area contributed by atoms with Crippen molar-refractivity contribution in [1.82, 2.24) is 9.88 Å². The maximum absolute atomic E-state index is 13.2. The van der Waals surface area contributed by atoms with Crippen molar-refractivity contribution in [2.75, 3.05) is 46.0 Å². The summed E-state index contributed by atoms with van der Waals surface area (Å²) < 4.78 is 11.3. The summed E-state index contributed by atoms with van der Waals surface area (Å²) in [6.45, 7) is 11.4. The normalized spacial score (nSPS) is 20.3. The standard InChI is InChI=1S/C28H35N3O5/c1-19(2)18-36-23-6-5-22(17-20(23)3)26(32)24-25(21-7-9-29-10-8-21)31(28(34)27(24)33)12-4-11-30-13-15-35-16-14-30/h5-10,17,19,25,32H,4,11-16,18H2,1-3H3/p+1. The van der Waals surface area contributed by atoms with Gasteiger partial charge in [-0.2, -0.15) is 0 Å². The maximum Gasteiger partial charge on any atom is 0.295 e. The van der Waals surface area contributed by atoms with E-state index in [1.54, 1.807) is 47.6 Å². The second-order valence-electron chi connectivity index (χ2n) is 9.92. The summed E-state index contributed by atoms with van der Waals surface area (Å²) in [4.78, 5) is 33.5. The van der Waals surface area contributed by atoms with Crippen LogP contribution in [0.15, 0.2) is 48.3 Å². The fourth-order valence-electron chi connectivity index (χ4n) is 4.78. The molecule has 1 amide bonds. The molecular weight excluding hydrogens is 458 g/mol. The number of aliphatic hydroxyl groups is 1. The lowest BCUT2D eigenvalue weighted by molar-refractivity contribution is -0.908. The molecule has 0 radical (unpaired) electrons. The monoisotopic (exact) mass is 494 g/mol. The fourth-order valence-corrected chi connectivity index (χ4v) is 4.78. The Morgan fingerprint density at radius 1 is 1.19 bits per heavy atom. The van der Waals surface area contributed by atoms with Crippen LogP contribution in [-0.4, -0.2) is 72.7 Å². The summed E-state index contributed by atoms with van der Waals surface area (Å²) in [5.41, 5.74) is 2.19. The molecule has 0 spiro atoms. The van der Waals surface area contributed by atoms with Gasteiger partial charge in [0.1, 0.15) is 24.6 Å². The van der Waals surface area contributed by atoms with Crippen molar-refractivity contribution in [1.29, 1.82) is 0 Å². The molecule has 2 aliphatic heterocycles. The molecule has 1 aromatic heterocycles. The first-order valence-corrected chi connectivity index (χ1v) is 12.7. The van der Waals surface area contributed by atoms with Crippen LogP contribution in [0.5, 0.6) is 5.75 Å². The van der Waals surface area contributed by atoms with E-state index in [1.807, 2.05) is 6.92 Å². The number of pyridine rings is 1. The molecule has 0 aliphatic carbocycles. The lowest BCUT2D eigenvalue weighted by Crippen LogP contribution is -3.14. The van der Waals surface area contributed by atoms with Gasteiger partial charge in [0.25, 0.3) is 11.7 Å². The molecular formula is C28H36N3O5+. The number of aromatic nitrogens is 1. The van der Waals surface area contributed by atoms with Gasteiger partial charge in [-0.3, -0.25) is 14.6 Å². The van der Waals surface area contributed by atoms with Gasteiger partial charge in [0.05, 0.1) is 38.0 Å². The number of carbonyl (C=O) groups is 2. The summed E-state index contributed by atoms with van der Waals surface area (Å²) in [6.07, 6.45) is 4.03. The van der Waals surface area contributed by atoms with Crippen LogP contribution in [0.1, 0.15) is 43.0 Å². The van der Waals surface area contributed by atoms with Crippen LogP contribution in [0.4, 0.5) is 0 Å². The van der Waals surface area contributed by atoms with Crippen LogP contribution in [0.25, 0.3) is 5.76 Å². The Balaban J connectivity index is 1.63. The molecule has 4 rings (SSSR count). The van der Waals surface area contributed by atoms with Gasteiger partial charge in [-0.1, -0.05) is 13.8 Å². The van der Waals surface area contributed by atoms with E-state index in [0.717, 1.165) is 56.1 Å². The van der Waals surface area contributed by atoms with Crippen molar-refractivity contribution in [3.05, 3.63) is 65.0 Å². The predicted octanol–water partition coefficient (Wildman–Crippen LogP) is 2.15. The number of Topliss-reactive ketones (excluding diaryl/α,β-unsaturated/α-hetero) is 1. The van der Waals surface area contributed by atoms with Crippen LogP contribution in [0.2, 0.25) is 0 Å². The number of hydrogen-bond donors (Lipinski definition) is 2. The number of carbonyl (C=O) groups excluding carboxylic acids is 2. The molecule has 3 heterocycles. The zero-order chi connectivity index (χ0) is 25.7. The third kappa shape index (κ3) is 5.77. The molecule has 2 saturated heterocycles. The highest BCUT2D eigenvalue weighted by Gasteiger charge is 2.46. The number of aliphatic hydroxyl groups excluding tert-OH is 1. The van der Waals surface area contributed by atoms with Crippen molar-refractivity contribution in [3.8, 4) is 5.75 Å². The van der Waals surface area contributed by atoms with E-state index in [-0.39, 0.29) is 11.3 Å². The second kappa shape index (κ2) is 11.7. The minimum absolute atomic E-state index is 0.111. The lowest BCUT2D eigenvalue weighted by atomic mass is 9.95. The topological polar surface area (TPSA) is 93.4 Å². The van der Waals surface area contributed by atoms with E-state index in [0.29, 0.717) is 24.6 Å². The summed E-state index contributed by atoms with van der Waals surface area (Å²) in [7, 11) is 0. The second-order valence-corrected chi connectivity index (χ2v) is 9.92. The molecule has 192 valence electrons. The SMILES string of the molecule is Cc1cc(C(O)=C2C(=O)C(=O)N(CCC[NH+]3CCOCC3)C2c2ccncc2)ccc1OCC(C)C. The molecule has 2 fully saturated rings. The number of nitrogens with zero attached hydrogens (tertiary/aromatic N) is 2. The molecule has 2 aromatic rings. The minimum Gasteiger partial charge on any atom is -0.507 e. The number of likely N-dealkylation sites (tertiary alicyclic amines) is 1. The lowest BCUT2D eigenvalue weighted by Gasteiger charge is -2.27. The zero-order valence-corrected chi connectivity index (χ0v) is 21.3.